The summed E-state index contributed by atoms with van der Waals surface area (Å²) in [6.45, 7) is 0. The van der Waals surface area contributed by atoms with Gasteiger partial charge in [-0.2, -0.15) is 0 Å². The Kier molecular flexibility index (Phi) is 3.30. The van der Waals surface area contributed by atoms with Crippen molar-refractivity contribution in [3.63, 3.8) is 0 Å². The third-order valence-corrected chi connectivity index (χ3v) is 2.38. The van der Waals surface area contributed by atoms with E-state index in [-0.39, 0.29) is 0 Å². The molecule has 0 saturated heterocycles. The Hall–Kier alpha value is -2.00. The van der Waals surface area contributed by atoms with Crippen LogP contribution in [0.2, 0.25) is 5.02 Å². The van der Waals surface area contributed by atoms with E-state index in [0.717, 1.165) is 5.56 Å². The minimum atomic E-state index is -0.509. The van der Waals surface area contributed by atoms with Gasteiger partial charge in [-0.1, -0.05) is 23.7 Å². The molecule has 2 aromatic rings. The summed E-state index contributed by atoms with van der Waals surface area (Å²) in [5.74, 6) is 0.751. The number of hydrogen-bond acceptors (Lipinski definition) is 2. The lowest BCUT2D eigenvalue weighted by Gasteiger charge is -1.96. The highest BCUT2D eigenvalue weighted by Crippen LogP contribution is 2.25. The van der Waals surface area contributed by atoms with E-state index in [0.29, 0.717) is 16.5 Å². The minimum absolute atomic E-state index is 0.509. The fourth-order valence-electron chi connectivity index (χ4n) is 1.40. The number of hydrogen-bond donors (Lipinski definition) is 1. The lowest BCUT2D eigenvalue weighted by Crippen LogP contribution is -2.04. The van der Waals surface area contributed by atoms with Crippen molar-refractivity contribution in [1.29, 1.82) is 0 Å². The van der Waals surface area contributed by atoms with E-state index < -0.39 is 5.91 Å². The quantitative estimate of drug-likeness (QED) is 0.848. The second-order valence-electron chi connectivity index (χ2n) is 3.45. The Labute approximate surface area is 103 Å². The van der Waals surface area contributed by atoms with Crippen LogP contribution in [-0.4, -0.2) is 5.91 Å². The lowest BCUT2D eigenvalue weighted by molar-refractivity contribution is -0.113. The second kappa shape index (κ2) is 4.89. The SMILES string of the molecule is NC(=O)C=Cc1ccc(-c2cccc(Cl)c2)o1. The van der Waals surface area contributed by atoms with E-state index in [4.69, 9.17) is 21.8 Å². The zero-order valence-corrected chi connectivity index (χ0v) is 9.65. The van der Waals surface area contributed by atoms with Crippen LogP contribution in [0.5, 0.6) is 0 Å². The summed E-state index contributed by atoms with van der Waals surface area (Å²) in [7, 11) is 0. The van der Waals surface area contributed by atoms with E-state index in [1.807, 2.05) is 24.3 Å². The van der Waals surface area contributed by atoms with E-state index in [2.05, 4.69) is 0 Å². The summed E-state index contributed by atoms with van der Waals surface area (Å²) in [6, 6.07) is 10.9. The molecule has 0 radical (unpaired) electrons. The van der Waals surface area contributed by atoms with Crippen LogP contribution in [0, 0.1) is 0 Å². The molecule has 86 valence electrons. The maximum atomic E-state index is 10.6. The van der Waals surface area contributed by atoms with E-state index in [1.54, 1.807) is 12.1 Å². The van der Waals surface area contributed by atoms with Gasteiger partial charge in [0.05, 0.1) is 0 Å². The number of furan rings is 1. The van der Waals surface area contributed by atoms with Gasteiger partial charge in [0.25, 0.3) is 0 Å². The topological polar surface area (TPSA) is 56.2 Å². The van der Waals surface area contributed by atoms with Crippen molar-refractivity contribution in [3.8, 4) is 11.3 Å². The molecule has 0 atom stereocenters. The number of carbonyl (C=O) groups excluding carboxylic acids is 1. The van der Waals surface area contributed by atoms with Crippen LogP contribution >= 0.6 is 11.6 Å². The van der Waals surface area contributed by atoms with Crippen LogP contribution in [0.1, 0.15) is 5.76 Å². The molecule has 17 heavy (non-hydrogen) atoms. The van der Waals surface area contributed by atoms with Crippen molar-refractivity contribution in [3.05, 3.63) is 53.3 Å². The van der Waals surface area contributed by atoms with Crippen LogP contribution in [0.3, 0.4) is 0 Å². The third kappa shape index (κ3) is 2.98. The molecule has 0 aliphatic heterocycles. The summed E-state index contributed by atoms with van der Waals surface area (Å²) in [6.07, 6.45) is 2.77. The van der Waals surface area contributed by atoms with E-state index >= 15 is 0 Å². The molecule has 1 aromatic carbocycles. The molecular formula is C13H10ClNO2. The average molecular weight is 248 g/mol. The molecule has 0 fully saturated rings. The Bertz CT molecular complexity index is 572. The monoisotopic (exact) mass is 247 g/mol. The maximum Gasteiger partial charge on any atom is 0.241 e. The summed E-state index contributed by atoms with van der Waals surface area (Å²) in [5.41, 5.74) is 5.88. The largest absolute Gasteiger partial charge is 0.457 e. The number of amides is 1. The second-order valence-corrected chi connectivity index (χ2v) is 3.88. The predicted octanol–water partition coefficient (Wildman–Crippen LogP) is 3.10. The zero-order chi connectivity index (χ0) is 12.3. The lowest BCUT2D eigenvalue weighted by atomic mass is 10.2. The summed E-state index contributed by atoms with van der Waals surface area (Å²) in [5, 5.41) is 0.646. The van der Waals surface area contributed by atoms with Crippen LogP contribution < -0.4 is 5.73 Å². The molecule has 1 heterocycles. The molecule has 1 aromatic heterocycles. The third-order valence-electron chi connectivity index (χ3n) is 2.15. The molecule has 3 nitrogen and oxygen atoms in total. The molecule has 2 N–H and O–H groups in total. The summed E-state index contributed by atoms with van der Waals surface area (Å²) >= 11 is 5.89. The van der Waals surface area contributed by atoms with Crippen LogP contribution in [-0.2, 0) is 4.79 Å². The Morgan fingerprint density at radius 2 is 2.12 bits per heavy atom. The smallest absolute Gasteiger partial charge is 0.241 e. The van der Waals surface area contributed by atoms with Crippen LogP contribution in [0.25, 0.3) is 17.4 Å². The van der Waals surface area contributed by atoms with Crippen LogP contribution in [0.4, 0.5) is 0 Å². The molecule has 1 amide bonds. The first-order valence-electron chi connectivity index (χ1n) is 4.98. The molecule has 0 saturated carbocycles. The van der Waals surface area contributed by atoms with E-state index in [9.17, 15) is 4.79 Å². The van der Waals surface area contributed by atoms with Crippen molar-refractivity contribution in [1.82, 2.24) is 0 Å². The number of rotatable bonds is 3. The molecular weight excluding hydrogens is 238 g/mol. The number of halogens is 1. The molecule has 0 bridgehead atoms. The van der Waals surface area contributed by atoms with Gasteiger partial charge in [-0.15, -0.1) is 0 Å². The van der Waals surface area contributed by atoms with Crippen molar-refractivity contribution >= 4 is 23.6 Å². The van der Waals surface area contributed by atoms with Gasteiger partial charge in [-0.05, 0) is 30.3 Å². The number of carbonyl (C=O) groups is 1. The highest BCUT2D eigenvalue weighted by atomic mass is 35.5. The molecule has 4 heteroatoms. The van der Waals surface area contributed by atoms with Gasteiger partial charge in [0.15, 0.2) is 0 Å². The van der Waals surface area contributed by atoms with Gasteiger partial charge in [0.2, 0.25) is 5.91 Å². The Morgan fingerprint density at radius 1 is 1.29 bits per heavy atom. The van der Waals surface area contributed by atoms with Gasteiger partial charge in [0.1, 0.15) is 11.5 Å². The average Bonchev–Trinajstić information content (AvgIpc) is 2.75. The molecule has 0 unspecified atom stereocenters. The first-order chi connectivity index (χ1) is 8.15. The number of benzene rings is 1. The van der Waals surface area contributed by atoms with E-state index in [1.165, 1.54) is 12.2 Å². The number of primary amides is 1. The van der Waals surface area contributed by atoms with Gasteiger partial charge in [0, 0.05) is 16.7 Å². The molecule has 0 aliphatic rings. The normalized spacial score (nSPS) is 10.9. The maximum absolute atomic E-state index is 10.6. The number of nitrogens with two attached hydrogens (primary N) is 1. The van der Waals surface area contributed by atoms with Gasteiger partial charge in [-0.25, -0.2) is 0 Å². The predicted molar refractivity (Wildman–Crippen MR) is 67.4 cm³/mol. The fraction of sp³-hybridized carbons (Fsp3) is 0. The highest BCUT2D eigenvalue weighted by Gasteiger charge is 2.03. The highest BCUT2D eigenvalue weighted by molar-refractivity contribution is 6.30. The Balaban J connectivity index is 2.27. The van der Waals surface area contributed by atoms with Crippen molar-refractivity contribution in [2.45, 2.75) is 0 Å². The van der Waals surface area contributed by atoms with Crippen molar-refractivity contribution < 1.29 is 9.21 Å². The van der Waals surface area contributed by atoms with Gasteiger partial charge >= 0.3 is 0 Å². The molecule has 0 spiro atoms. The summed E-state index contributed by atoms with van der Waals surface area (Å²) < 4.78 is 5.52. The first kappa shape index (κ1) is 11.5. The zero-order valence-electron chi connectivity index (χ0n) is 8.89. The fourth-order valence-corrected chi connectivity index (χ4v) is 1.59. The van der Waals surface area contributed by atoms with Gasteiger partial charge < -0.3 is 10.2 Å². The Morgan fingerprint density at radius 3 is 2.82 bits per heavy atom. The summed E-state index contributed by atoms with van der Waals surface area (Å²) in [4.78, 5) is 10.6. The van der Waals surface area contributed by atoms with Crippen molar-refractivity contribution in [2.75, 3.05) is 0 Å². The minimum Gasteiger partial charge on any atom is -0.457 e. The van der Waals surface area contributed by atoms with Crippen molar-refractivity contribution in [2.24, 2.45) is 5.73 Å². The molecule has 0 aliphatic carbocycles. The van der Waals surface area contributed by atoms with Crippen LogP contribution in [0.15, 0.2) is 46.9 Å². The first-order valence-corrected chi connectivity index (χ1v) is 5.36. The molecule has 2 rings (SSSR count). The standard InChI is InChI=1S/C13H10ClNO2/c14-10-3-1-2-9(8-10)12-6-4-11(17-12)5-7-13(15)16/h1-8H,(H2,15,16). The van der Waals surface area contributed by atoms with Gasteiger partial charge in [-0.3, -0.25) is 4.79 Å².